The number of aromatic nitrogens is 1. The Morgan fingerprint density at radius 3 is 2.52 bits per heavy atom. The second kappa shape index (κ2) is 9.73. The molecule has 0 radical (unpaired) electrons. The van der Waals surface area contributed by atoms with Crippen molar-refractivity contribution in [3.05, 3.63) is 91.0 Å². The van der Waals surface area contributed by atoms with Crippen molar-refractivity contribution in [2.24, 2.45) is 0 Å². The molecule has 0 bridgehead atoms. The third kappa shape index (κ3) is 4.52. The molecule has 3 nitrogen and oxygen atoms in total. The Kier molecular flexibility index (Phi) is 7.08. The number of halogens is 1. The molecule has 1 unspecified atom stereocenters. The van der Waals surface area contributed by atoms with E-state index in [2.05, 4.69) is 59.6 Å². The van der Waals surface area contributed by atoms with Crippen LogP contribution in [0.3, 0.4) is 0 Å². The van der Waals surface area contributed by atoms with E-state index in [1.165, 1.54) is 11.1 Å². The molecule has 0 fully saturated rings. The van der Waals surface area contributed by atoms with Gasteiger partial charge in [-0.25, -0.2) is 0 Å². The second-order valence-corrected chi connectivity index (χ2v) is 7.31. The quantitative estimate of drug-likeness (QED) is 0.453. The van der Waals surface area contributed by atoms with Gasteiger partial charge in [0, 0.05) is 36.3 Å². The normalized spacial score (nSPS) is 15.4. The molecule has 4 rings (SSSR count). The summed E-state index contributed by atoms with van der Waals surface area (Å²) in [5, 5.41) is 4.31. The average Bonchev–Trinajstić information content (AvgIpc) is 3.23. The van der Waals surface area contributed by atoms with Crippen LogP contribution in [0.4, 0.5) is 0 Å². The van der Waals surface area contributed by atoms with Crippen molar-refractivity contribution in [1.29, 1.82) is 0 Å². The van der Waals surface area contributed by atoms with Crippen molar-refractivity contribution < 1.29 is 4.52 Å². The maximum Gasteiger partial charge on any atom is 0.167 e. The van der Waals surface area contributed by atoms with Crippen molar-refractivity contribution in [2.75, 3.05) is 13.1 Å². The molecule has 0 N–H and O–H groups in total. The lowest BCUT2D eigenvalue weighted by atomic mass is 9.84. The van der Waals surface area contributed by atoms with Crippen molar-refractivity contribution >= 4 is 12.4 Å². The highest BCUT2D eigenvalue weighted by atomic mass is 35.5. The Morgan fingerprint density at radius 2 is 1.79 bits per heavy atom. The van der Waals surface area contributed by atoms with Crippen LogP contribution in [-0.2, 0) is 12.8 Å². The van der Waals surface area contributed by atoms with Crippen LogP contribution < -0.4 is 0 Å². The fraction of sp³-hybridized carbons (Fsp3) is 0.240. The zero-order valence-corrected chi connectivity index (χ0v) is 17.4. The molecule has 1 aliphatic carbocycles. The zero-order valence-electron chi connectivity index (χ0n) is 16.6. The lowest BCUT2D eigenvalue weighted by Gasteiger charge is -2.34. The Hall–Kier alpha value is -2.62. The summed E-state index contributed by atoms with van der Waals surface area (Å²) in [4.78, 5) is 2.45. The molecule has 1 atom stereocenters. The van der Waals surface area contributed by atoms with Gasteiger partial charge in [0.15, 0.2) is 5.76 Å². The van der Waals surface area contributed by atoms with Gasteiger partial charge in [0.2, 0.25) is 0 Å². The largest absolute Gasteiger partial charge is 0.356 e. The molecular formula is C25H27ClN2O. The summed E-state index contributed by atoms with van der Waals surface area (Å²) in [5.41, 5.74) is 5.91. The van der Waals surface area contributed by atoms with Crippen molar-refractivity contribution in [3.63, 3.8) is 0 Å². The summed E-state index contributed by atoms with van der Waals surface area (Å²) in [6.45, 7) is 9.61. The predicted molar refractivity (Wildman–Crippen MR) is 122 cm³/mol. The van der Waals surface area contributed by atoms with E-state index in [0.29, 0.717) is 6.04 Å². The van der Waals surface area contributed by atoms with Gasteiger partial charge in [0.1, 0.15) is 5.69 Å². The Labute approximate surface area is 179 Å². The van der Waals surface area contributed by atoms with Gasteiger partial charge < -0.3 is 4.52 Å². The lowest BCUT2D eigenvalue weighted by molar-refractivity contribution is 0.220. The van der Waals surface area contributed by atoms with Crippen molar-refractivity contribution in [1.82, 2.24) is 10.1 Å². The summed E-state index contributed by atoms with van der Waals surface area (Å²) < 4.78 is 5.77. The van der Waals surface area contributed by atoms with E-state index in [4.69, 9.17) is 4.52 Å². The molecular weight excluding hydrogens is 380 g/mol. The van der Waals surface area contributed by atoms with E-state index < -0.39 is 0 Å². The highest BCUT2D eigenvalue weighted by Crippen LogP contribution is 2.34. The van der Waals surface area contributed by atoms with Crippen LogP contribution >= 0.6 is 12.4 Å². The van der Waals surface area contributed by atoms with Crippen LogP contribution in [0.5, 0.6) is 0 Å². The van der Waals surface area contributed by atoms with E-state index in [0.717, 1.165) is 54.9 Å². The number of benzene rings is 2. The first-order valence-electron chi connectivity index (χ1n) is 9.89. The maximum atomic E-state index is 5.77. The number of nitrogens with zero attached hydrogens (tertiary/aromatic N) is 2. The third-order valence-electron chi connectivity index (χ3n) is 5.55. The van der Waals surface area contributed by atoms with E-state index >= 15 is 0 Å². The first-order chi connectivity index (χ1) is 13.8. The van der Waals surface area contributed by atoms with Gasteiger partial charge in [-0.15, -0.1) is 25.6 Å². The topological polar surface area (TPSA) is 29.3 Å². The standard InChI is InChI=1S/C25H26N2O.ClH/c1-3-15-27(16-4-2)21-14-13-19-11-8-12-22(23(19)17-21)25-18-24(26-28-25)20-9-6-5-7-10-20;/h3-12,18,21H,1-2,13-17H2;1H. The summed E-state index contributed by atoms with van der Waals surface area (Å²) in [5.74, 6) is 0.843. The number of fused-ring (bicyclic) bond motifs is 1. The molecule has 0 saturated heterocycles. The van der Waals surface area contributed by atoms with E-state index in [1.807, 2.05) is 30.4 Å². The highest BCUT2D eigenvalue weighted by molar-refractivity contribution is 5.85. The SMILES string of the molecule is C=CCN(CC=C)C1CCc2cccc(-c3cc(-c4ccccc4)no3)c2C1.Cl. The number of aryl methyl sites for hydroxylation is 1. The fourth-order valence-electron chi connectivity index (χ4n) is 4.16. The van der Waals surface area contributed by atoms with E-state index in [-0.39, 0.29) is 12.4 Å². The molecule has 0 spiro atoms. The molecule has 0 amide bonds. The summed E-state index contributed by atoms with van der Waals surface area (Å²) in [6, 6.07) is 19.2. The van der Waals surface area contributed by atoms with Crippen molar-refractivity contribution in [3.8, 4) is 22.6 Å². The van der Waals surface area contributed by atoms with Crippen LogP contribution in [-0.4, -0.2) is 29.2 Å². The van der Waals surface area contributed by atoms with Crippen LogP contribution in [0.25, 0.3) is 22.6 Å². The van der Waals surface area contributed by atoms with Crippen LogP contribution in [0.1, 0.15) is 17.5 Å². The highest BCUT2D eigenvalue weighted by Gasteiger charge is 2.26. The van der Waals surface area contributed by atoms with Crippen LogP contribution in [0.2, 0.25) is 0 Å². The first-order valence-corrected chi connectivity index (χ1v) is 9.89. The minimum Gasteiger partial charge on any atom is -0.356 e. The minimum atomic E-state index is 0. The van der Waals surface area contributed by atoms with Gasteiger partial charge in [-0.05, 0) is 30.4 Å². The van der Waals surface area contributed by atoms with E-state index in [9.17, 15) is 0 Å². The Balaban J connectivity index is 0.00000240. The van der Waals surface area contributed by atoms with Gasteiger partial charge in [0.25, 0.3) is 0 Å². The summed E-state index contributed by atoms with van der Waals surface area (Å²) >= 11 is 0. The summed E-state index contributed by atoms with van der Waals surface area (Å²) in [6.07, 6.45) is 7.21. The molecule has 1 heterocycles. The zero-order chi connectivity index (χ0) is 19.3. The maximum absolute atomic E-state index is 5.77. The first kappa shape index (κ1) is 21.1. The van der Waals surface area contributed by atoms with Gasteiger partial charge in [-0.1, -0.05) is 65.8 Å². The smallest absolute Gasteiger partial charge is 0.167 e. The van der Waals surface area contributed by atoms with Crippen LogP contribution in [0, 0.1) is 0 Å². The monoisotopic (exact) mass is 406 g/mol. The van der Waals surface area contributed by atoms with E-state index in [1.54, 1.807) is 0 Å². The molecule has 29 heavy (non-hydrogen) atoms. The molecule has 150 valence electrons. The molecule has 0 aliphatic heterocycles. The fourth-order valence-corrected chi connectivity index (χ4v) is 4.16. The molecule has 2 aromatic carbocycles. The Morgan fingerprint density at radius 1 is 1.03 bits per heavy atom. The molecule has 0 saturated carbocycles. The number of hydrogen-bond donors (Lipinski definition) is 0. The number of hydrogen-bond acceptors (Lipinski definition) is 3. The minimum absolute atomic E-state index is 0. The predicted octanol–water partition coefficient (Wildman–Crippen LogP) is 5.96. The molecule has 4 heteroatoms. The molecule has 3 aromatic rings. The molecule has 1 aliphatic rings. The molecule has 1 aromatic heterocycles. The third-order valence-corrected chi connectivity index (χ3v) is 5.55. The van der Waals surface area contributed by atoms with Gasteiger partial charge in [0.05, 0.1) is 0 Å². The lowest BCUT2D eigenvalue weighted by Crippen LogP contribution is -2.39. The van der Waals surface area contributed by atoms with Gasteiger partial charge in [-0.3, -0.25) is 4.90 Å². The summed E-state index contributed by atoms with van der Waals surface area (Å²) in [7, 11) is 0. The average molecular weight is 407 g/mol. The number of rotatable bonds is 7. The van der Waals surface area contributed by atoms with Crippen molar-refractivity contribution in [2.45, 2.75) is 25.3 Å². The van der Waals surface area contributed by atoms with Crippen LogP contribution in [0.15, 0.2) is 84.4 Å². The Bertz CT molecular complexity index is 954. The van der Waals surface area contributed by atoms with Gasteiger partial charge in [-0.2, -0.15) is 0 Å². The second-order valence-electron chi connectivity index (χ2n) is 7.31. The van der Waals surface area contributed by atoms with Gasteiger partial charge >= 0.3 is 0 Å².